The number of benzene rings is 1. The summed E-state index contributed by atoms with van der Waals surface area (Å²) < 4.78 is 31.4. The molecule has 162 valence electrons. The second-order valence-electron chi connectivity index (χ2n) is 6.81. The van der Waals surface area contributed by atoms with Crippen LogP contribution in [0.2, 0.25) is 0 Å². The standard InChI is InChI=1S/C21H27FN4O3S/c1-4-25(11-12-28-3)9-6-10-26-14-23-19-18(24-30-20(19)21(26)27)16-8-7-15(29-5-2)13-17(16)22/h7-8,13-14H,4-6,9-12H2,1-3H3. The summed E-state index contributed by atoms with van der Waals surface area (Å²) in [6, 6.07) is 4.63. The second kappa shape index (κ2) is 10.6. The Labute approximate surface area is 179 Å². The van der Waals surface area contributed by atoms with Gasteiger partial charge in [-0.25, -0.2) is 9.37 Å². The third-order valence-electron chi connectivity index (χ3n) is 4.89. The van der Waals surface area contributed by atoms with Gasteiger partial charge in [-0.15, -0.1) is 0 Å². The molecule has 9 heteroatoms. The van der Waals surface area contributed by atoms with E-state index in [1.807, 2.05) is 6.92 Å². The van der Waals surface area contributed by atoms with Crippen molar-refractivity contribution < 1.29 is 13.9 Å². The van der Waals surface area contributed by atoms with Crippen molar-refractivity contribution in [3.05, 3.63) is 40.7 Å². The van der Waals surface area contributed by atoms with Crippen LogP contribution in [0.3, 0.4) is 0 Å². The van der Waals surface area contributed by atoms with E-state index in [1.165, 1.54) is 12.4 Å². The zero-order chi connectivity index (χ0) is 21.5. The molecule has 1 aromatic carbocycles. The third-order valence-corrected chi connectivity index (χ3v) is 5.71. The Morgan fingerprint density at radius 2 is 2.10 bits per heavy atom. The van der Waals surface area contributed by atoms with E-state index in [0.29, 0.717) is 47.0 Å². The van der Waals surface area contributed by atoms with Crippen LogP contribution >= 0.6 is 11.5 Å². The molecule has 0 aliphatic rings. The van der Waals surface area contributed by atoms with Gasteiger partial charge in [-0.3, -0.25) is 9.36 Å². The first kappa shape index (κ1) is 22.3. The Balaban J connectivity index is 1.78. The summed E-state index contributed by atoms with van der Waals surface area (Å²) in [6.45, 7) is 8.33. The van der Waals surface area contributed by atoms with Crippen LogP contribution in [0.1, 0.15) is 20.3 Å². The third kappa shape index (κ3) is 5.03. The molecule has 0 aliphatic heterocycles. The maximum atomic E-state index is 14.6. The van der Waals surface area contributed by atoms with Crippen LogP contribution in [0, 0.1) is 5.82 Å². The molecule has 30 heavy (non-hydrogen) atoms. The molecule has 0 bridgehead atoms. The summed E-state index contributed by atoms with van der Waals surface area (Å²) in [7, 11) is 1.69. The molecule has 0 fully saturated rings. The number of fused-ring (bicyclic) bond motifs is 1. The maximum Gasteiger partial charge on any atom is 0.272 e. The molecule has 3 aromatic rings. The Kier molecular flexibility index (Phi) is 7.89. The molecule has 3 rings (SSSR count). The Morgan fingerprint density at radius 3 is 2.80 bits per heavy atom. The van der Waals surface area contributed by atoms with Crippen molar-refractivity contribution in [2.75, 3.05) is 40.0 Å². The van der Waals surface area contributed by atoms with E-state index in [2.05, 4.69) is 21.2 Å². The number of methoxy groups -OCH3 is 1. The van der Waals surface area contributed by atoms with Crippen LogP contribution < -0.4 is 10.3 Å². The van der Waals surface area contributed by atoms with Gasteiger partial charge in [0.2, 0.25) is 0 Å². The van der Waals surface area contributed by atoms with Crippen LogP contribution in [-0.2, 0) is 11.3 Å². The minimum absolute atomic E-state index is 0.143. The quantitative estimate of drug-likeness (QED) is 0.461. The highest BCUT2D eigenvalue weighted by Crippen LogP contribution is 2.31. The predicted octanol–water partition coefficient (Wildman–Crippen LogP) is 3.42. The molecule has 0 amide bonds. The van der Waals surface area contributed by atoms with Gasteiger partial charge in [0.05, 0.1) is 19.5 Å². The fourth-order valence-corrected chi connectivity index (χ4v) is 4.05. The van der Waals surface area contributed by atoms with Gasteiger partial charge in [0.1, 0.15) is 27.5 Å². The maximum absolute atomic E-state index is 14.6. The van der Waals surface area contributed by atoms with Gasteiger partial charge in [-0.2, -0.15) is 4.37 Å². The molecule has 0 saturated carbocycles. The van der Waals surface area contributed by atoms with Gasteiger partial charge in [-0.05, 0) is 50.1 Å². The highest BCUT2D eigenvalue weighted by atomic mass is 32.1. The van der Waals surface area contributed by atoms with Crippen LogP contribution in [-0.4, -0.2) is 58.8 Å². The summed E-state index contributed by atoms with van der Waals surface area (Å²) in [4.78, 5) is 19.6. The molecule has 0 aliphatic carbocycles. The molecule has 0 N–H and O–H groups in total. The topological polar surface area (TPSA) is 69.5 Å². The first-order valence-corrected chi connectivity index (χ1v) is 10.8. The van der Waals surface area contributed by atoms with E-state index >= 15 is 0 Å². The second-order valence-corrected chi connectivity index (χ2v) is 7.58. The molecule has 0 atom stereocenters. The van der Waals surface area contributed by atoms with Crippen LogP contribution in [0.15, 0.2) is 29.3 Å². The van der Waals surface area contributed by atoms with E-state index in [-0.39, 0.29) is 5.56 Å². The highest BCUT2D eigenvalue weighted by molar-refractivity contribution is 7.13. The fourth-order valence-electron chi connectivity index (χ4n) is 3.25. The van der Waals surface area contributed by atoms with Crippen molar-refractivity contribution in [3.8, 4) is 17.0 Å². The van der Waals surface area contributed by atoms with Crippen LogP contribution in [0.4, 0.5) is 4.39 Å². The van der Waals surface area contributed by atoms with Gasteiger partial charge in [0.25, 0.3) is 5.56 Å². The smallest absolute Gasteiger partial charge is 0.272 e. The van der Waals surface area contributed by atoms with Crippen molar-refractivity contribution >= 4 is 21.7 Å². The number of nitrogens with zero attached hydrogens (tertiary/aromatic N) is 4. The normalized spacial score (nSPS) is 11.5. The number of rotatable bonds is 11. The Morgan fingerprint density at radius 1 is 1.27 bits per heavy atom. The molecule has 2 heterocycles. The number of aryl methyl sites for hydroxylation is 1. The molecule has 0 spiro atoms. The molecular weight excluding hydrogens is 407 g/mol. The van der Waals surface area contributed by atoms with E-state index in [4.69, 9.17) is 9.47 Å². The van der Waals surface area contributed by atoms with E-state index < -0.39 is 5.82 Å². The summed E-state index contributed by atoms with van der Waals surface area (Å²) >= 11 is 1.06. The minimum Gasteiger partial charge on any atom is -0.494 e. The summed E-state index contributed by atoms with van der Waals surface area (Å²) in [6.07, 6.45) is 2.35. The zero-order valence-electron chi connectivity index (χ0n) is 17.6. The van der Waals surface area contributed by atoms with E-state index in [0.717, 1.165) is 37.6 Å². The van der Waals surface area contributed by atoms with Crippen LogP contribution in [0.5, 0.6) is 5.75 Å². The summed E-state index contributed by atoms with van der Waals surface area (Å²) in [5.74, 6) is 0.00932. The molecule has 2 aromatic heterocycles. The number of hydrogen-bond acceptors (Lipinski definition) is 7. The molecule has 0 radical (unpaired) electrons. The van der Waals surface area contributed by atoms with Gasteiger partial charge in [0.15, 0.2) is 0 Å². The van der Waals surface area contributed by atoms with Crippen molar-refractivity contribution in [1.82, 2.24) is 18.8 Å². The Bertz CT molecular complexity index is 1040. The van der Waals surface area contributed by atoms with Crippen LogP contribution in [0.25, 0.3) is 21.5 Å². The largest absolute Gasteiger partial charge is 0.494 e. The molecular formula is C21H27FN4O3S. The van der Waals surface area contributed by atoms with Gasteiger partial charge in [0, 0.05) is 31.8 Å². The highest BCUT2D eigenvalue weighted by Gasteiger charge is 2.17. The lowest BCUT2D eigenvalue weighted by molar-refractivity contribution is 0.149. The van der Waals surface area contributed by atoms with Gasteiger partial charge in [-0.1, -0.05) is 6.92 Å². The fraction of sp³-hybridized carbons (Fsp3) is 0.476. The van der Waals surface area contributed by atoms with Crippen molar-refractivity contribution in [2.45, 2.75) is 26.8 Å². The average Bonchev–Trinajstić information content (AvgIpc) is 3.17. The lowest BCUT2D eigenvalue weighted by Gasteiger charge is -2.19. The molecule has 0 unspecified atom stereocenters. The SMILES string of the molecule is CCOc1ccc(-c2nsc3c(=O)n(CCCN(CC)CCOC)cnc23)c(F)c1. The minimum atomic E-state index is -0.449. The van der Waals surface area contributed by atoms with Crippen molar-refractivity contribution in [2.24, 2.45) is 0 Å². The predicted molar refractivity (Wildman–Crippen MR) is 117 cm³/mol. The molecule has 0 saturated heterocycles. The average molecular weight is 435 g/mol. The molecule has 7 nitrogen and oxygen atoms in total. The monoisotopic (exact) mass is 434 g/mol. The van der Waals surface area contributed by atoms with Gasteiger partial charge >= 0.3 is 0 Å². The lowest BCUT2D eigenvalue weighted by Crippen LogP contribution is -2.30. The summed E-state index contributed by atoms with van der Waals surface area (Å²) in [5.41, 5.74) is 0.984. The zero-order valence-corrected chi connectivity index (χ0v) is 18.4. The van der Waals surface area contributed by atoms with Crippen molar-refractivity contribution in [3.63, 3.8) is 0 Å². The van der Waals surface area contributed by atoms with E-state index in [1.54, 1.807) is 23.8 Å². The first-order valence-electron chi connectivity index (χ1n) is 10.1. The number of ether oxygens (including phenoxy) is 2. The first-order chi connectivity index (χ1) is 14.6. The van der Waals surface area contributed by atoms with Crippen molar-refractivity contribution in [1.29, 1.82) is 0 Å². The van der Waals surface area contributed by atoms with Gasteiger partial charge < -0.3 is 14.4 Å². The van der Waals surface area contributed by atoms with E-state index in [9.17, 15) is 9.18 Å². The summed E-state index contributed by atoms with van der Waals surface area (Å²) in [5, 5.41) is 0. The number of hydrogen-bond donors (Lipinski definition) is 0. The lowest BCUT2D eigenvalue weighted by atomic mass is 10.1. The number of halogens is 1. The number of aromatic nitrogens is 3. The number of likely N-dealkylation sites (N-methyl/N-ethyl adjacent to an activating group) is 1. The Hall–Kier alpha value is -2.36.